The fraction of sp³-hybridized carbons (Fsp3) is 0.935. The lowest BCUT2D eigenvalue weighted by atomic mass is 10.0. The standard InChI is InChI=1S/C77H148O6/c1-4-7-10-13-16-19-21-23-25-27-29-31-33-35-37-39-41-42-44-46-48-50-52-54-56-58-61-64-67-70-76(79)82-73-74(72-81-75(78)69-66-63-60-18-15-12-9-6-3)83-77(80)71-68-65-62-59-57-55-53-51-49-47-45-43-40-38-36-34-32-30-28-26-24-22-20-17-14-11-8-5-2/h27,29,74H,4-26,28,30-73H2,1-3H3/b29-27-. The van der Waals surface area contributed by atoms with E-state index in [1.807, 2.05) is 0 Å². The first kappa shape index (κ1) is 81.2. The van der Waals surface area contributed by atoms with Gasteiger partial charge in [0.05, 0.1) is 0 Å². The third-order valence-electron chi connectivity index (χ3n) is 17.8. The summed E-state index contributed by atoms with van der Waals surface area (Å²) in [5.74, 6) is -0.831. The van der Waals surface area contributed by atoms with Crippen LogP contribution in [0.4, 0.5) is 0 Å². The van der Waals surface area contributed by atoms with E-state index in [0.717, 1.165) is 57.8 Å². The fourth-order valence-corrected chi connectivity index (χ4v) is 12.0. The third kappa shape index (κ3) is 70.8. The van der Waals surface area contributed by atoms with E-state index < -0.39 is 6.10 Å². The van der Waals surface area contributed by atoms with Gasteiger partial charge in [-0.05, 0) is 44.9 Å². The zero-order valence-electron chi connectivity index (χ0n) is 56.8. The Morgan fingerprint density at radius 1 is 0.229 bits per heavy atom. The Balaban J connectivity index is 4.00. The van der Waals surface area contributed by atoms with Crippen molar-refractivity contribution in [2.75, 3.05) is 13.2 Å². The molecular weight excluding hydrogens is 1020 g/mol. The summed E-state index contributed by atoms with van der Waals surface area (Å²) >= 11 is 0. The first-order valence-corrected chi connectivity index (χ1v) is 38.2. The van der Waals surface area contributed by atoms with Crippen LogP contribution in [0.5, 0.6) is 0 Å². The molecule has 1 atom stereocenters. The van der Waals surface area contributed by atoms with Crippen LogP contribution in [-0.2, 0) is 28.6 Å². The van der Waals surface area contributed by atoms with E-state index in [4.69, 9.17) is 14.2 Å². The van der Waals surface area contributed by atoms with E-state index in [1.165, 1.54) is 347 Å². The number of esters is 3. The second-order valence-corrected chi connectivity index (χ2v) is 26.3. The Bertz CT molecular complexity index is 1300. The molecule has 0 aliphatic heterocycles. The Kier molecular flexibility index (Phi) is 71.0. The molecule has 0 N–H and O–H groups in total. The highest BCUT2D eigenvalue weighted by Gasteiger charge is 2.20. The molecule has 0 aromatic carbocycles. The predicted octanol–water partition coefficient (Wildman–Crippen LogP) is 26.3. The molecule has 0 heterocycles. The van der Waals surface area contributed by atoms with Crippen molar-refractivity contribution in [2.24, 2.45) is 0 Å². The number of ether oxygens (including phenoxy) is 3. The molecule has 0 saturated heterocycles. The van der Waals surface area contributed by atoms with Crippen LogP contribution < -0.4 is 0 Å². The molecule has 0 aliphatic rings. The number of rotatable bonds is 72. The molecule has 0 saturated carbocycles. The zero-order chi connectivity index (χ0) is 59.9. The second kappa shape index (κ2) is 72.6. The van der Waals surface area contributed by atoms with Gasteiger partial charge >= 0.3 is 17.9 Å². The zero-order valence-corrected chi connectivity index (χ0v) is 56.8. The molecular formula is C77H148O6. The Labute approximate surface area is 520 Å². The molecule has 0 aromatic heterocycles. The molecule has 1 unspecified atom stereocenters. The predicted molar refractivity (Wildman–Crippen MR) is 363 cm³/mol. The van der Waals surface area contributed by atoms with Crippen LogP contribution in [0, 0.1) is 0 Å². The number of hydrogen-bond donors (Lipinski definition) is 0. The highest BCUT2D eigenvalue weighted by molar-refractivity contribution is 5.71. The van der Waals surface area contributed by atoms with Gasteiger partial charge < -0.3 is 14.2 Å². The molecule has 0 rings (SSSR count). The highest BCUT2D eigenvalue weighted by Crippen LogP contribution is 2.20. The maximum absolute atomic E-state index is 12.9. The van der Waals surface area contributed by atoms with Gasteiger partial charge in [0.25, 0.3) is 0 Å². The van der Waals surface area contributed by atoms with Gasteiger partial charge in [-0.15, -0.1) is 0 Å². The summed E-state index contributed by atoms with van der Waals surface area (Å²) < 4.78 is 17.0. The first-order valence-electron chi connectivity index (χ1n) is 38.2. The lowest BCUT2D eigenvalue weighted by Gasteiger charge is -2.18. The summed E-state index contributed by atoms with van der Waals surface area (Å²) in [7, 11) is 0. The van der Waals surface area contributed by atoms with Crippen molar-refractivity contribution >= 4 is 17.9 Å². The van der Waals surface area contributed by atoms with Crippen LogP contribution in [0.1, 0.15) is 445 Å². The number of hydrogen-bond acceptors (Lipinski definition) is 6. The van der Waals surface area contributed by atoms with Crippen molar-refractivity contribution in [1.29, 1.82) is 0 Å². The Morgan fingerprint density at radius 2 is 0.398 bits per heavy atom. The van der Waals surface area contributed by atoms with Crippen molar-refractivity contribution in [3.05, 3.63) is 12.2 Å². The van der Waals surface area contributed by atoms with E-state index in [1.54, 1.807) is 0 Å². The topological polar surface area (TPSA) is 78.9 Å². The van der Waals surface area contributed by atoms with Gasteiger partial charge in [-0.25, -0.2) is 0 Å². The van der Waals surface area contributed by atoms with Gasteiger partial charge in [-0.3, -0.25) is 14.4 Å². The quantitative estimate of drug-likeness (QED) is 0.0261. The van der Waals surface area contributed by atoms with E-state index in [0.29, 0.717) is 19.3 Å². The average Bonchev–Trinajstić information content (AvgIpc) is 3.49. The molecule has 0 radical (unpaired) electrons. The molecule has 0 aliphatic carbocycles. The van der Waals surface area contributed by atoms with E-state index in [2.05, 4.69) is 32.9 Å². The maximum Gasteiger partial charge on any atom is 0.306 e. The minimum atomic E-state index is -0.764. The minimum absolute atomic E-state index is 0.0626. The summed E-state index contributed by atoms with van der Waals surface area (Å²) in [6.45, 7) is 6.70. The maximum atomic E-state index is 12.9. The number of allylic oxidation sites excluding steroid dienone is 2. The van der Waals surface area contributed by atoms with Crippen molar-refractivity contribution in [3.8, 4) is 0 Å². The van der Waals surface area contributed by atoms with Crippen LogP contribution >= 0.6 is 0 Å². The van der Waals surface area contributed by atoms with Crippen molar-refractivity contribution in [1.82, 2.24) is 0 Å². The Hall–Kier alpha value is -1.85. The molecule has 83 heavy (non-hydrogen) atoms. The highest BCUT2D eigenvalue weighted by atomic mass is 16.6. The molecule has 0 spiro atoms. The van der Waals surface area contributed by atoms with Crippen LogP contribution in [0.3, 0.4) is 0 Å². The summed E-state index contributed by atoms with van der Waals surface area (Å²) in [4.78, 5) is 38.3. The summed E-state index contributed by atoms with van der Waals surface area (Å²) in [5.41, 5.74) is 0. The smallest absolute Gasteiger partial charge is 0.306 e. The van der Waals surface area contributed by atoms with Crippen LogP contribution in [0.2, 0.25) is 0 Å². The van der Waals surface area contributed by atoms with Crippen molar-refractivity contribution in [2.45, 2.75) is 451 Å². The number of unbranched alkanes of at least 4 members (excludes halogenated alkanes) is 59. The minimum Gasteiger partial charge on any atom is -0.462 e. The second-order valence-electron chi connectivity index (χ2n) is 26.3. The van der Waals surface area contributed by atoms with Gasteiger partial charge in [-0.2, -0.15) is 0 Å². The third-order valence-corrected chi connectivity index (χ3v) is 17.8. The SMILES string of the molecule is CCCCCCCCCC/C=C\CCCCCCCCCCCCCCCCCCCC(=O)OCC(COC(=O)CCCCCCCCCC)OC(=O)CCCCCCCCCCCCCCCCCCCCCCCCCCCCCC. The molecule has 6 heteroatoms. The monoisotopic (exact) mass is 1170 g/mol. The van der Waals surface area contributed by atoms with Crippen LogP contribution in [-0.4, -0.2) is 37.2 Å². The largest absolute Gasteiger partial charge is 0.462 e. The van der Waals surface area contributed by atoms with Crippen molar-refractivity contribution < 1.29 is 28.6 Å². The normalized spacial score (nSPS) is 12.0. The molecule has 0 fully saturated rings. The summed E-state index contributed by atoms with van der Waals surface area (Å²) in [6, 6.07) is 0. The van der Waals surface area contributed by atoms with Gasteiger partial charge in [-0.1, -0.05) is 392 Å². The van der Waals surface area contributed by atoms with Gasteiger partial charge in [0, 0.05) is 19.3 Å². The van der Waals surface area contributed by atoms with E-state index >= 15 is 0 Å². The van der Waals surface area contributed by atoms with Crippen molar-refractivity contribution in [3.63, 3.8) is 0 Å². The molecule has 0 bridgehead atoms. The van der Waals surface area contributed by atoms with E-state index in [9.17, 15) is 14.4 Å². The first-order chi connectivity index (χ1) is 41.0. The molecule has 0 amide bonds. The lowest BCUT2D eigenvalue weighted by molar-refractivity contribution is -0.167. The van der Waals surface area contributed by atoms with Crippen LogP contribution in [0.15, 0.2) is 12.2 Å². The Morgan fingerprint density at radius 3 is 0.602 bits per heavy atom. The number of carbonyl (C=O) groups is 3. The molecule has 0 aromatic rings. The summed E-state index contributed by atoms with van der Waals surface area (Å²) in [5, 5.41) is 0. The van der Waals surface area contributed by atoms with Crippen LogP contribution in [0.25, 0.3) is 0 Å². The number of carbonyl (C=O) groups excluding carboxylic acids is 3. The molecule has 6 nitrogen and oxygen atoms in total. The average molecular weight is 1170 g/mol. The van der Waals surface area contributed by atoms with Gasteiger partial charge in [0.1, 0.15) is 13.2 Å². The van der Waals surface area contributed by atoms with Gasteiger partial charge in [0.15, 0.2) is 6.10 Å². The van der Waals surface area contributed by atoms with E-state index in [-0.39, 0.29) is 31.1 Å². The van der Waals surface area contributed by atoms with Gasteiger partial charge in [0.2, 0.25) is 0 Å². The summed E-state index contributed by atoms with van der Waals surface area (Å²) in [6.07, 6.45) is 88.7. The fourth-order valence-electron chi connectivity index (χ4n) is 12.0. The molecule has 492 valence electrons. The lowest BCUT2D eigenvalue weighted by Crippen LogP contribution is -2.30.